The molecule has 0 saturated carbocycles. The van der Waals surface area contributed by atoms with E-state index >= 15 is 0 Å². The molecule has 1 aromatic carbocycles. The Labute approximate surface area is 276 Å². The van der Waals surface area contributed by atoms with Crippen LogP contribution in [0.3, 0.4) is 0 Å². The minimum atomic E-state index is -1.30. The van der Waals surface area contributed by atoms with E-state index in [-0.39, 0.29) is 42.8 Å². The van der Waals surface area contributed by atoms with Crippen molar-refractivity contribution in [2.75, 3.05) is 7.11 Å². The Kier molecular flexibility index (Phi) is 12.4. The van der Waals surface area contributed by atoms with E-state index in [0.717, 1.165) is 19.3 Å². The molecule has 0 radical (unpaired) electrons. The zero-order chi connectivity index (χ0) is 35.1. The molecule has 13 heteroatoms. The first-order chi connectivity index (χ1) is 22.1. The summed E-state index contributed by atoms with van der Waals surface area (Å²) in [6.07, 6.45) is 4.26. The second kappa shape index (κ2) is 15.8. The third-order valence-electron chi connectivity index (χ3n) is 8.50. The maximum absolute atomic E-state index is 14.0. The average molecular weight is 653 g/mol. The van der Waals surface area contributed by atoms with E-state index < -0.39 is 42.0 Å². The van der Waals surface area contributed by atoms with Crippen molar-refractivity contribution in [2.45, 2.75) is 117 Å². The number of nitrogens with one attached hydrogen (secondary N) is 3. The van der Waals surface area contributed by atoms with Gasteiger partial charge in [-0.2, -0.15) is 5.26 Å². The summed E-state index contributed by atoms with van der Waals surface area (Å²) in [5.41, 5.74) is 0.795. The molecule has 2 aromatic rings. The van der Waals surface area contributed by atoms with Crippen LogP contribution in [0.1, 0.15) is 91.2 Å². The Morgan fingerprint density at radius 1 is 1.02 bits per heavy atom. The number of benzene rings is 1. The van der Waals surface area contributed by atoms with E-state index in [0.29, 0.717) is 28.5 Å². The Morgan fingerprint density at radius 2 is 1.64 bits per heavy atom. The minimum absolute atomic E-state index is 0.00688. The van der Waals surface area contributed by atoms with Crippen LogP contribution in [-0.4, -0.2) is 81.8 Å². The van der Waals surface area contributed by atoms with Crippen molar-refractivity contribution in [2.24, 2.45) is 5.41 Å². The minimum Gasteiger partial charge on any atom is -0.480 e. The Hall–Kier alpha value is -4.60. The first-order valence-electron chi connectivity index (χ1n) is 16.1. The fourth-order valence-corrected chi connectivity index (χ4v) is 6.17. The second-order valence-corrected chi connectivity index (χ2v) is 13.6. The Bertz CT molecular complexity index is 1510. The normalized spacial score (nSPS) is 18.4. The van der Waals surface area contributed by atoms with Gasteiger partial charge in [-0.3, -0.25) is 14.2 Å². The smallest absolute Gasteiger partial charge is 0.418 e. The molecule has 0 unspecified atom stereocenters. The maximum Gasteiger partial charge on any atom is 0.418 e. The Morgan fingerprint density at radius 3 is 2.19 bits per heavy atom. The fourth-order valence-electron chi connectivity index (χ4n) is 6.17. The van der Waals surface area contributed by atoms with Gasteiger partial charge in [0.1, 0.15) is 18.1 Å². The summed E-state index contributed by atoms with van der Waals surface area (Å²) < 4.78 is 6.16. The molecule has 0 aliphatic carbocycles. The summed E-state index contributed by atoms with van der Waals surface area (Å²) in [5, 5.41) is 28.0. The van der Waals surface area contributed by atoms with Crippen molar-refractivity contribution < 1.29 is 33.8 Å². The number of amides is 4. The topological polar surface area (TPSA) is 183 Å². The number of nitriles is 1. The third kappa shape index (κ3) is 9.47. The molecule has 4 amide bonds. The van der Waals surface area contributed by atoms with Crippen molar-refractivity contribution in [1.82, 2.24) is 25.4 Å². The van der Waals surface area contributed by atoms with E-state index in [2.05, 4.69) is 22.0 Å². The largest absolute Gasteiger partial charge is 0.480 e. The van der Waals surface area contributed by atoms with Crippen molar-refractivity contribution in [1.29, 1.82) is 5.26 Å². The number of carboxylic acids is 1. The first kappa shape index (κ1) is 36.9. The summed E-state index contributed by atoms with van der Waals surface area (Å²) in [6, 6.07) is 2.89. The van der Waals surface area contributed by atoms with Gasteiger partial charge in [-0.25, -0.2) is 14.4 Å². The number of aliphatic carboxylic acids is 1. The number of rotatable bonds is 11. The number of aromatic nitrogens is 1. The van der Waals surface area contributed by atoms with Crippen LogP contribution in [0, 0.1) is 16.7 Å². The van der Waals surface area contributed by atoms with Crippen LogP contribution in [-0.2, 0) is 25.5 Å². The van der Waals surface area contributed by atoms with Crippen LogP contribution in [0.5, 0.6) is 0 Å². The van der Waals surface area contributed by atoms with Gasteiger partial charge in [0.25, 0.3) is 0 Å². The molecule has 4 N–H and O–H groups in total. The SMILES string of the molecule is CCC[C@@H](NC(=O)[C@@H](Cc1cn(C(=O)OC)c2ccc(C#N)cc12)NC(=O)[C@H](CC(C)(C)C)NC(=O)N1[C@H](C)CCC[C@@H]1C)C(=O)O. The van der Waals surface area contributed by atoms with Crippen molar-refractivity contribution >= 4 is 40.8 Å². The number of ether oxygens (including phenoxy) is 1. The highest BCUT2D eigenvalue weighted by Gasteiger charge is 2.35. The molecule has 1 fully saturated rings. The van der Waals surface area contributed by atoms with Crippen LogP contribution in [0.4, 0.5) is 9.59 Å². The lowest BCUT2D eigenvalue weighted by atomic mass is 9.87. The lowest BCUT2D eigenvalue weighted by molar-refractivity contribution is -0.142. The molecule has 3 rings (SSSR count). The predicted octanol–water partition coefficient (Wildman–Crippen LogP) is 4.30. The molecule has 0 bridgehead atoms. The number of carbonyl (C=O) groups is 5. The van der Waals surface area contributed by atoms with Crippen molar-refractivity contribution in [3.05, 3.63) is 35.5 Å². The highest BCUT2D eigenvalue weighted by molar-refractivity contribution is 5.96. The number of carbonyl (C=O) groups excluding carboxylic acids is 4. The van der Waals surface area contributed by atoms with Gasteiger partial charge in [-0.1, -0.05) is 34.1 Å². The molecule has 47 heavy (non-hydrogen) atoms. The number of methoxy groups -OCH3 is 1. The number of hydrogen-bond acceptors (Lipinski definition) is 7. The van der Waals surface area contributed by atoms with E-state index in [4.69, 9.17) is 4.74 Å². The zero-order valence-corrected chi connectivity index (χ0v) is 28.4. The summed E-state index contributed by atoms with van der Waals surface area (Å²) in [5.74, 6) is -2.56. The highest BCUT2D eigenvalue weighted by Crippen LogP contribution is 2.27. The number of fused-ring (bicyclic) bond motifs is 1. The highest BCUT2D eigenvalue weighted by atomic mass is 16.5. The van der Waals surface area contributed by atoms with E-state index in [9.17, 15) is 34.3 Å². The third-order valence-corrected chi connectivity index (χ3v) is 8.50. The van der Waals surface area contributed by atoms with E-state index in [1.54, 1.807) is 30.0 Å². The van der Waals surface area contributed by atoms with Gasteiger partial charge in [0.05, 0.1) is 24.3 Å². The van der Waals surface area contributed by atoms with Gasteiger partial charge in [-0.05, 0) is 75.1 Å². The predicted molar refractivity (Wildman–Crippen MR) is 176 cm³/mol. The average Bonchev–Trinajstić information content (AvgIpc) is 3.36. The molecule has 2 heterocycles. The van der Waals surface area contributed by atoms with E-state index in [1.165, 1.54) is 17.9 Å². The zero-order valence-electron chi connectivity index (χ0n) is 28.4. The molecule has 1 aliphatic rings. The maximum atomic E-state index is 14.0. The van der Waals surface area contributed by atoms with Crippen molar-refractivity contribution in [3.8, 4) is 6.07 Å². The quantitative estimate of drug-likeness (QED) is 0.277. The lowest BCUT2D eigenvalue weighted by Crippen LogP contribution is -2.60. The van der Waals surface area contributed by atoms with Crippen LogP contribution in [0.15, 0.2) is 24.4 Å². The van der Waals surface area contributed by atoms with Crippen molar-refractivity contribution in [3.63, 3.8) is 0 Å². The number of urea groups is 1. The summed E-state index contributed by atoms with van der Waals surface area (Å²) in [6.45, 7) is 11.6. The van der Waals surface area contributed by atoms with Gasteiger partial charge in [-0.15, -0.1) is 0 Å². The standard InChI is InChI=1S/C34H48N6O7/c1-8-10-25(31(43)44)36-29(41)26(16-23-19-39(33(46)47-7)28-14-13-22(18-35)15-24(23)28)37-30(42)27(17-34(4,5)6)38-32(45)40-20(2)11-9-12-21(40)3/h13-15,19-21,25-27H,8-12,16-17H2,1-7H3,(H,36,41)(H,37,42)(H,38,45)(H,43,44)/t20-,21+,25-,26-,27+/m1/s1. The number of likely N-dealkylation sites (tertiary alicyclic amines) is 1. The number of nitrogens with zero attached hydrogens (tertiary/aromatic N) is 3. The van der Waals surface area contributed by atoms with Gasteiger partial charge in [0, 0.05) is 30.1 Å². The summed E-state index contributed by atoms with van der Waals surface area (Å²) in [4.78, 5) is 67.6. The number of hydrogen-bond donors (Lipinski definition) is 4. The fraction of sp³-hybridized carbons (Fsp3) is 0.588. The molecule has 256 valence electrons. The lowest BCUT2D eigenvalue weighted by Gasteiger charge is -2.40. The van der Waals surface area contributed by atoms with E-state index in [1.807, 2.05) is 34.6 Å². The molecular weight excluding hydrogens is 604 g/mol. The monoisotopic (exact) mass is 652 g/mol. The molecule has 1 aromatic heterocycles. The molecular formula is C34H48N6O7. The molecule has 1 saturated heterocycles. The first-order valence-corrected chi connectivity index (χ1v) is 16.1. The number of carboxylic acid groups (broad SMARTS) is 1. The Balaban J connectivity index is 2.02. The van der Waals surface area contributed by atoms with Gasteiger partial charge < -0.3 is 30.7 Å². The molecule has 13 nitrogen and oxygen atoms in total. The van der Waals surface area contributed by atoms with Crippen LogP contribution >= 0.6 is 0 Å². The van der Waals surface area contributed by atoms with Gasteiger partial charge >= 0.3 is 18.1 Å². The van der Waals surface area contributed by atoms with Crippen LogP contribution in [0.2, 0.25) is 0 Å². The molecule has 5 atom stereocenters. The van der Waals surface area contributed by atoms with Gasteiger partial charge in [0.15, 0.2) is 0 Å². The second-order valence-electron chi connectivity index (χ2n) is 13.6. The summed E-state index contributed by atoms with van der Waals surface area (Å²) >= 11 is 0. The summed E-state index contributed by atoms with van der Waals surface area (Å²) in [7, 11) is 1.22. The molecule has 0 spiro atoms. The van der Waals surface area contributed by atoms with Gasteiger partial charge in [0.2, 0.25) is 11.8 Å². The van der Waals surface area contributed by atoms with Crippen LogP contribution < -0.4 is 16.0 Å². The molecule has 1 aliphatic heterocycles. The van der Waals surface area contributed by atoms with Crippen LogP contribution in [0.25, 0.3) is 10.9 Å². The number of piperidine rings is 1.